The molecule has 0 atom stereocenters. The number of hydrogen-bond donors (Lipinski definition) is 1. The van der Waals surface area contributed by atoms with Gasteiger partial charge in [0.15, 0.2) is 0 Å². The van der Waals surface area contributed by atoms with Gasteiger partial charge < -0.3 is 4.74 Å². The van der Waals surface area contributed by atoms with E-state index in [2.05, 4.69) is 36.5 Å². The first-order valence-corrected chi connectivity index (χ1v) is 9.14. The van der Waals surface area contributed by atoms with Crippen molar-refractivity contribution in [3.05, 3.63) is 64.2 Å². The van der Waals surface area contributed by atoms with Crippen LogP contribution in [0.25, 0.3) is 0 Å². The summed E-state index contributed by atoms with van der Waals surface area (Å²) in [6.07, 6.45) is 2.62. The fraction of sp³-hybridized carbons (Fsp3) is 0.333. The highest BCUT2D eigenvalue weighted by atomic mass is 35.5. The molecule has 1 N–H and O–H groups in total. The Kier molecular flexibility index (Phi) is 7.67. The number of amides is 1. The van der Waals surface area contributed by atoms with Crippen molar-refractivity contribution >= 4 is 23.7 Å². The molecule has 0 saturated carbocycles. The number of nitrogens with zero attached hydrogens (tertiary/aromatic N) is 1. The van der Waals surface area contributed by atoms with E-state index in [0.717, 1.165) is 16.9 Å². The quantitative estimate of drug-likeness (QED) is 0.399. The molecule has 0 unspecified atom stereocenters. The minimum Gasteiger partial charge on any atom is -0.493 e. The van der Waals surface area contributed by atoms with Gasteiger partial charge in [-0.3, -0.25) is 4.79 Å². The van der Waals surface area contributed by atoms with Crippen molar-refractivity contribution < 1.29 is 9.53 Å². The lowest BCUT2D eigenvalue weighted by molar-refractivity contribution is -0.121. The molecule has 4 nitrogen and oxygen atoms in total. The zero-order valence-corrected chi connectivity index (χ0v) is 16.2. The van der Waals surface area contributed by atoms with E-state index in [9.17, 15) is 4.79 Å². The number of halogens is 1. The number of ether oxygens (including phenoxy) is 1. The maximum absolute atomic E-state index is 11.8. The molecule has 26 heavy (non-hydrogen) atoms. The highest BCUT2D eigenvalue weighted by Gasteiger charge is 2.03. The first-order valence-electron chi connectivity index (χ1n) is 8.76. The molecule has 0 aliphatic heterocycles. The number of aryl methyl sites for hydroxylation is 1. The average molecular weight is 373 g/mol. The Morgan fingerprint density at radius 2 is 1.96 bits per heavy atom. The summed E-state index contributed by atoms with van der Waals surface area (Å²) in [5.41, 5.74) is 5.76. The number of carbonyl (C=O) groups is 1. The maximum Gasteiger partial charge on any atom is 0.240 e. The van der Waals surface area contributed by atoms with Gasteiger partial charge >= 0.3 is 0 Å². The molecule has 5 heteroatoms. The van der Waals surface area contributed by atoms with E-state index in [1.165, 1.54) is 5.56 Å². The molecule has 2 rings (SSSR count). The van der Waals surface area contributed by atoms with Crippen LogP contribution in [0.2, 0.25) is 5.02 Å². The van der Waals surface area contributed by atoms with E-state index in [1.807, 2.05) is 31.2 Å². The van der Waals surface area contributed by atoms with Gasteiger partial charge in [-0.15, -0.1) is 0 Å². The minimum atomic E-state index is -0.128. The van der Waals surface area contributed by atoms with E-state index in [1.54, 1.807) is 12.3 Å². The Labute approximate surface area is 160 Å². The highest BCUT2D eigenvalue weighted by Crippen LogP contribution is 2.21. The number of benzene rings is 2. The van der Waals surface area contributed by atoms with E-state index in [0.29, 0.717) is 30.4 Å². The van der Waals surface area contributed by atoms with Gasteiger partial charge in [0.25, 0.3) is 0 Å². The van der Waals surface area contributed by atoms with Crippen LogP contribution in [0.1, 0.15) is 49.3 Å². The lowest BCUT2D eigenvalue weighted by Gasteiger charge is -2.08. The number of hydrogen-bond acceptors (Lipinski definition) is 3. The number of carbonyl (C=O) groups excluding carboxylic acids is 1. The molecule has 2 aromatic carbocycles. The second-order valence-electron chi connectivity index (χ2n) is 6.48. The molecule has 0 aliphatic rings. The Morgan fingerprint density at radius 1 is 1.23 bits per heavy atom. The SMILES string of the molecule is Cc1cc(Cl)ccc1OCCCC(=O)N/N=C/c1ccc(C(C)C)cc1. The topological polar surface area (TPSA) is 50.7 Å². The van der Waals surface area contributed by atoms with Crippen molar-refractivity contribution in [2.24, 2.45) is 5.10 Å². The average Bonchev–Trinajstić information content (AvgIpc) is 2.60. The van der Waals surface area contributed by atoms with Crippen molar-refractivity contribution in [1.82, 2.24) is 5.43 Å². The number of nitrogens with one attached hydrogen (secondary N) is 1. The summed E-state index contributed by atoms with van der Waals surface area (Å²) in [4.78, 5) is 11.8. The molecule has 0 fully saturated rings. The van der Waals surface area contributed by atoms with Crippen LogP contribution in [0.15, 0.2) is 47.6 Å². The summed E-state index contributed by atoms with van der Waals surface area (Å²) < 4.78 is 5.67. The fourth-order valence-corrected chi connectivity index (χ4v) is 2.62. The van der Waals surface area contributed by atoms with E-state index in [4.69, 9.17) is 16.3 Å². The standard InChI is InChI=1S/C21H25ClN2O2/c1-15(2)18-8-6-17(7-9-18)14-23-24-21(25)5-4-12-26-20-11-10-19(22)13-16(20)3/h6-11,13-15H,4-5,12H2,1-3H3,(H,24,25)/b23-14+. The molecule has 2 aromatic rings. The van der Waals surface area contributed by atoms with E-state index in [-0.39, 0.29) is 5.91 Å². The lowest BCUT2D eigenvalue weighted by atomic mass is 10.0. The van der Waals surface area contributed by atoms with Crippen LogP contribution in [0, 0.1) is 6.92 Å². The number of rotatable bonds is 8. The molecule has 0 radical (unpaired) electrons. The van der Waals surface area contributed by atoms with Crippen LogP contribution in [0.5, 0.6) is 5.75 Å². The third-order valence-corrected chi connectivity index (χ3v) is 4.18. The molecular formula is C21H25ClN2O2. The van der Waals surface area contributed by atoms with Gasteiger partial charge in [0.1, 0.15) is 5.75 Å². The monoisotopic (exact) mass is 372 g/mol. The Bertz CT molecular complexity index is 755. The maximum atomic E-state index is 11.8. The summed E-state index contributed by atoms with van der Waals surface area (Å²) >= 11 is 5.91. The van der Waals surface area contributed by atoms with Gasteiger partial charge in [-0.2, -0.15) is 5.10 Å². The summed E-state index contributed by atoms with van der Waals surface area (Å²) in [7, 11) is 0. The molecule has 0 saturated heterocycles. The predicted molar refractivity (Wildman–Crippen MR) is 107 cm³/mol. The highest BCUT2D eigenvalue weighted by molar-refractivity contribution is 6.30. The van der Waals surface area contributed by atoms with Gasteiger partial charge in [0.05, 0.1) is 12.8 Å². The zero-order chi connectivity index (χ0) is 18.9. The van der Waals surface area contributed by atoms with Gasteiger partial charge in [-0.05, 0) is 54.2 Å². The van der Waals surface area contributed by atoms with Crippen LogP contribution < -0.4 is 10.2 Å². The molecular weight excluding hydrogens is 348 g/mol. The Hall–Kier alpha value is -2.33. The smallest absolute Gasteiger partial charge is 0.240 e. The summed E-state index contributed by atoms with van der Waals surface area (Å²) in [5, 5.41) is 4.68. The van der Waals surface area contributed by atoms with Gasteiger partial charge in [0.2, 0.25) is 5.91 Å². The normalized spacial score (nSPS) is 11.1. The first kappa shape index (κ1) is 20.0. The first-order chi connectivity index (χ1) is 12.5. The molecule has 138 valence electrons. The van der Waals surface area contributed by atoms with Crippen LogP contribution in [-0.2, 0) is 4.79 Å². The largest absolute Gasteiger partial charge is 0.493 e. The fourth-order valence-electron chi connectivity index (χ4n) is 2.39. The summed E-state index contributed by atoms with van der Waals surface area (Å²) in [5.74, 6) is 1.16. The van der Waals surface area contributed by atoms with Crippen LogP contribution in [0.3, 0.4) is 0 Å². The molecule has 0 bridgehead atoms. The van der Waals surface area contributed by atoms with Gasteiger partial charge in [0, 0.05) is 11.4 Å². The van der Waals surface area contributed by atoms with Crippen molar-refractivity contribution in [2.75, 3.05) is 6.61 Å². The van der Waals surface area contributed by atoms with Crippen molar-refractivity contribution in [2.45, 2.75) is 39.5 Å². The van der Waals surface area contributed by atoms with Crippen LogP contribution in [0.4, 0.5) is 0 Å². The van der Waals surface area contributed by atoms with Crippen LogP contribution >= 0.6 is 11.6 Å². The van der Waals surface area contributed by atoms with E-state index >= 15 is 0 Å². The second kappa shape index (κ2) is 9.97. The lowest BCUT2D eigenvalue weighted by Crippen LogP contribution is -2.18. The molecule has 0 aliphatic carbocycles. The van der Waals surface area contributed by atoms with Crippen molar-refractivity contribution in [3.63, 3.8) is 0 Å². The molecule has 0 aromatic heterocycles. The van der Waals surface area contributed by atoms with Gasteiger partial charge in [-0.25, -0.2) is 5.43 Å². The number of hydrazone groups is 1. The minimum absolute atomic E-state index is 0.128. The molecule has 1 amide bonds. The Morgan fingerprint density at radius 3 is 2.62 bits per heavy atom. The zero-order valence-electron chi connectivity index (χ0n) is 15.5. The van der Waals surface area contributed by atoms with Crippen LogP contribution in [-0.4, -0.2) is 18.7 Å². The summed E-state index contributed by atoms with van der Waals surface area (Å²) in [6, 6.07) is 13.6. The molecule has 0 spiro atoms. The molecule has 0 heterocycles. The third kappa shape index (κ3) is 6.52. The van der Waals surface area contributed by atoms with Crippen molar-refractivity contribution in [3.8, 4) is 5.75 Å². The summed E-state index contributed by atoms with van der Waals surface area (Å²) in [6.45, 7) is 6.72. The third-order valence-electron chi connectivity index (χ3n) is 3.95. The van der Waals surface area contributed by atoms with E-state index < -0.39 is 0 Å². The predicted octanol–water partition coefficient (Wildman–Crippen LogP) is 5.08. The van der Waals surface area contributed by atoms with Crippen molar-refractivity contribution in [1.29, 1.82) is 0 Å². The second-order valence-corrected chi connectivity index (χ2v) is 6.91. The Balaban J connectivity index is 1.68. The van der Waals surface area contributed by atoms with Gasteiger partial charge in [-0.1, -0.05) is 49.7 Å².